The van der Waals surface area contributed by atoms with Crippen LogP contribution in [-0.2, 0) is 18.9 Å². The molecule has 8 heteroatoms. The van der Waals surface area contributed by atoms with Gasteiger partial charge in [0.25, 0.3) is 11.5 Å². The Morgan fingerprint density at radius 2 is 1.88 bits per heavy atom. The van der Waals surface area contributed by atoms with Crippen molar-refractivity contribution in [3.05, 3.63) is 67.3 Å². The Hall–Kier alpha value is -2.87. The Bertz CT molecular complexity index is 1050. The highest BCUT2D eigenvalue weighted by Crippen LogP contribution is 2.28. The molecule has 0 radical (unpaired) electrons. The van der Waals surface area contributed by atoms with Gasteiger partial charge in [-0.3, -0.25) is 14.2 Å². The molecule has 0 unspecified atom stereocenters. The topological polar surface area (TPSA) is 85.5 Å². The third-order valence-corrected chi connectivity index (χ3v) is 4.66. The number of para-hydroxylation sites is 1. The molecule has 3 rings (SSSR count). The predicted octanol–water partition coefficient (Wildman–Crippen LogP) is 1.28. The van der Waals surface area contributed by atoms with Crippen LogP contribution in [0.2, 0.25) is 0 Å². The summed E-state index contributed by atoms with van der Waals surface area (Å²) >= 11 is 1.16. The number of nitrogens with zero attached hydrogens (tertiary/aromatic N) is 3. The molecule has 25 heavy (non-hydrogen) atoms. The van der Waals surface area contributed by atoms with Crippen LogP contribution in [0, 0.1) is 6.92 Å². The first-order chi connectivity index (χ1) is 11.9. The van der Waals surface area contributed by atoms with Crippen LogP contribution in [0.1, 0.15) is 11.1 Å². The van der Waals surface area contributed by atoms with Gasteiger partial charge >= 0.3 is 5.69 Å². The Morgan fingerprint density at radius 1 is 1.16 bits per heavy atom. The number of benzene rings is 1. The first-order valence-corrected chi connectivity index (χ1v) is 8.30. The van der Waals surface area contributed by atoms with Crippen LogP contribution < -0.4 is 16.6 Å². The zero-order valence-corrected chi connectivity index (χ0v) is 14.8. The second-order valence-corrected chi connectivity index (χ2v) is 6.64. The highest BCUT2D eigenvalue weighted by Gasteiger charge is 2.24. The van der Waals surface area contributed by atoms with E-state index in [9.17, 15) is 14.4 Å². The van der Waals surface area contributed by atoms with Gasteiger partial charge in [-0.15, -0.1) is 0 Å². The number of aryl methyl sites for hydroxylation is 2. The van der Waals surface area contributed by atoms with Crippen molar-refractivity contribution < 1.29 is 4.79 Å². The van der Waals surface area contributed by atoms with E-state index < -0.39 is 11.2 Å². The Labute approximate surface area is 147 Å². The summed E-state index contributed by atoms with van der Waals surface area (Å²) in [4.78, 5) is 40.9. The fourth-order valence-electron chi connectivity index (χ4n) is 2.36. The molecule has 1 saturated heterocycles. The average molecular weight is 356 g/mol. The number of aromatic nitrogens is 2. The zero-order chi connectivity index (χ0) is 18.1. The molecule has 128 valence electrons. The van der Waals surface area contributed by atoms with Gasteiger partial charge in [0.2, 0.25) is 0 Å². The summed E-state index contributed by atoms with van der Waals surface area (Å²) in [5.41, 5.74) is 1.16. The zero-order valence-electron chi connectivity index (χ0n) is 13.9. The quantitative estimate of drug-likeness (QED) is 0.822. The highest BCUT2D eigenvalue weighted by molar-refractivity contribution is 8.18. The third kappa shape index (κ3) is 3.34. The third-order valence-electron chi connectivity index (χ3n) is 3.75. The first kappa shape index (κ1) is 17.0. The van der Waals surface area contributed by atoms with Crippen LogP contribution >= 0.6 is 11.8 Å². The van der Waals surface area contributed by atoms with Gasteiger partial charge in [-0.2, -0.15) is 0 Å². The molecule has 1 N–H and O–H groups in total. The molecule has 0 saturated carbocycles. The number of nitrogens with one attached hydrogen (secondary N) is 1. The molecule has 2 heterocycles. The maximum Gasteiger partial charge on any atom is 0.330 e. The minimum absolute atomic E-state index is 0.263. The summed E-state index contributed by atoms with van der Waals surface area (Å²) in [6, 6.07) is 7.59. The number of carbonyl (C=O) groups excluding carboxylic acids is 1. The lowest BCUT2D eigenvalue weighted by Gasteiger charge is -2.03. The Balaban J connectivity index is 1.97. The van der Waals surface area contributed by atoms with Gasteiger partial charge in [0.15, 0.2) is 5.17 Å². The number of hydrogen-bond donors (Lipinski definition) is 1. The molecule has 0 atom stereocenters. The molecule has 1 fully saturated rings. The molecular formula is C17H16N4O3S. The lowest BCUT2D eigenvalue weighted by Crippen LogP contribution is -2.37. The first-order valence-electron chi connectivity index (χ1n) is 7.48. The van der Waals surface area contributed by atoms with Gasteiger partial charge in [-0.25, -0.2) is 9.79 Å². The molecule has 7 nitrogen and oxygen atoms in total. The second kappa shape index (κ2) is 6.56. The smallest absolute Gasteiger partial charge is 0.303 e. The molecule has 2 aromatic rings. The molecule has 1 aromatic heterocycles. The number of amides is 1. The lowest BCUT2D eigenvalue weighted by molar-refractivity contribution is -0.115. The largest absolute Gasteiger partial charge is 0.330 e. The molecule has 0 bridgehead atoms. The van der Waals surface area contributed by atoms with Crippen molar-refractivity contribution in [1.82, 2.24) is 14.5 Å². The molecular weight excluding hydrogens is 340 g/mol. The molecule has 0 spiro atoms. The van der Waals surface area contributed by atoms with E-state index in [1.165, 1.54) is 23.9 Å². The van der Waals surface area contributed by atoms with Crippen LogP contribution in [-0.4, -0.2) is 20.2 Å². The van der Waals surface area contributed by atoms with E-state index in [1.807, 2.05) is 31.2 Å². The van der Waals surface area contributed by atoms with Crippen molar-refractivity contribution in [3.8, 4) is 0 Å². The minimum Gasteiger partial charge on any atom is -0.303 e. The highest BCUT2D eigenvalue weighted by atomic mass is 32.2. The summed E-state index contributed by atoms with van der Waals surface area (Å²) in [6.45, 7) is 1.94. The van der Waals surface area contributed by atoms with Crippen LogP contribution in [0.25, 0.3) is 6.08 Å². The fraction of sp³-hybridized carbons (Fsp3) is 0.176. The van der Waals surface area contributed by atoms with E-state index in [0.717, 1.165) is 27.6 Å². The van der Waals surface area contributed by atoms with E-state index in [2.05, 4.69) is 10.3 Å². The Kier molecular flexibility index (Phi) is 4.45. The molecule has 1 amide bonds. The SMILES string of the molecule is Cc1ccccc1N=C1NC(=O)/C(=C/c2cn(C)c(=O)n(C)c2=O)S1. The van der Waals surface area contributed by atoms with Crippen molar-refractivity contribution in [1.29, 1.82) is 0 Å². The van der Waals surface area contributed by atoms with E-state index in [4.69, 9.17) is 0 Å². The van der Waals surface area contributed by atoms with Crippen molar-refractivity contribution in [2.45, 2.75) is 6.92 Å². The fourth-order valence-corrected chi connectivity index (χ4v) is 3.18. The van der Waals surface area contributed by atoms with Gasteiger partial charge in [0.1, 0.15) is 0 Å². The van der Waals surface area contributed by atoms with E-state index in [0.29, 0.717) is 10.1 Å². The number of amidine groups is 1. The van der Waals surface area contributed by atoms with E-state index in [1.54, 1.807) is 7.05 Å². The van der Waals surface area contributed by atoms with Crippen molar-refractivity contribution in [2.75, 3.05) is 0 Å². The maximum atomic E-state index is 12.2. The lowest BCUT2D eigenvalue weighted by atomic mass is 10.2. The molecule has 1 aliphatic heterocycles. The van der Waals surface area contributed by atoms with Gasteiger partial charge in [0, 0.05) is 20.3 Å². The molecule has 1 aromatic carbocycles. The summed E-state index contributed by atoms with van der Waals surface area (Å²) in [5, 5.41) is 3.14. The number of aliphatic imine (C=N–C) groups is 1. The maximum absolute atomic E-state index is 12.2. The van der Waals surface area contributed by atoms with Gasteiger partial charge in [0.05, 0.1) is 16.2 Å². The van der Waals surface area contributed by atoms with Crippen molar-refractivity contribution >= 4 is 34.6 Å². The van der Waals surface area contributed by atoms with Gasteiger partial charge in [-0.1, -0.05) is 18.2 Å². The summed E-state index contributed by atoms with van der Waals surface area (Å²) in [6.07, 6.45) is 2.89. The van der Waals surface area contributed by atoms with Crippen LogP contribution in [0.15, 0.2) is 49.9 Å². The second-order valence-electron chi connectivity index (χ2n) is 5.61. The van der Waals surface area contributed by atoms with Gasteiger partial charge in [-0.05, 0) is 36.4 Å². The number of hydrogen-bond acceptors (Lipinski definition) is 5. The average Bonchev–Trinajstić information content (AvgIpc) is 2.92. The number of carbonyl (C=O) groups is 1. The summed E-state index contributed by atoms with van der Waals surface area (Å²) in [5.74, 6) is -0.326. The number of rotatable bonds is 2. The normalized spacial score (nSPS) is 17.3. The van der Waals surface area contributed by atoms with E-state index in [-0.39, 0.29) is 11.5 Å². The predicted molar refractivity (Wildman–Crippen MR) is 98.9 cm³/mol. The minimum atomic E-state index is -0.451. The van der Waals surface area contributed by atoms with Crippen LogP contribution in [0.5, 0.6) is 0 Å². The standard InChI is InChI=1S/C17H16N4O3S/c1-10-6-4-5-7-12(10)18-16-19-14(22)13(25-16)8-11-9-20(2)17(24)21(3)15(11)23/h4-9H,1-3H3,(H,18,19,22)/b13-8-. The van der Waals surface area contributed by atoms with Crippen LogP contribution in [0.3, 0.4) is 0 Å². The van der Waals surface area contributed by atoms with Crippen LogP contribution in [0.4, 0.5) is 5.69 Å². The van der Waals surface area contributed by atoms with Crippen molar-refractivity contribution in [2.24, 2.45) is 19.1 Å². The summed E-state index contributed by atoms with van der Waals surface area (Å²) < 4.78 is 2.31. The monoisotopic (exact) mass is 356 g/mol. The summed E-state index contributed by atoms with van der Waals surface area (Å²) in [7, 11) is 2.95. The van der Waals surface area contributed by atoms with Crippen molar-refractivity contribution in [3.63, 3.8) is 0 Å². The van der Waals surface area contributed by atoms with E-state index >= 15 is 0 Å². The van der Waals surface area contributed by atoms with Gasteiger partial charge < -0.3 is 9.88 Å². The molecule has 1 aliphatic rings. The molecule has 0 aliphatic carbocycles. The Morgan fingerprint density at radius 3 is 2.60 bits per heavy atom. The number of thioether (sulfide) groups is 1.